The van der Waals surface area contributed by atoms with E-state index in [2.05, 4.69) is 15.4 Å². The van der Waals surface area contributed by atoms with Crippen LogP contribution < -0.4 is 5.32 Å². The molecule has 1 aromatic heterocycles. The fourth-order valence-electron chi connectivity index (χ4n) is 2.79. The second kappa shape index (κ2) is 7.87. The standard InChI is InChI=1S/C17H20FN5O2/c18-14-7-5-6-13(10-14)16(25)20-17-19-12-23(21-17)11-15(24)22-8-3-1-2-4-9-22/h5-7,10,12H,1-4,8-9,11H2,(H,20,21,25). The van der Waals surface area contributed by atoms with Crippen LogP contribution >= 0.6 is 0 Å². The number of anilines is 1. The van der Waals surface area contributed by atoms with Gasteiger partial charge in [0.1, 0.15) is 18.7 Å². The Labute approximate surface area is 144 Å². The number of likely N-dealkylation sites (tertiary alicyclic amines) is 1. The van der Waals surface area contributed by atoms with Gasteiger partial charge in [-0.25, -0.2) is 14.1 Å². The van der Waals surface area contributed by atoms with E-state index in [1.807, 2.05) is 4.90 Å². The number of nitrogens with one attached hydrogen (secondary N) is 1. The van der Waals surface area contributed by atoms with E-state index in [1.165, 1.54) is 29.2 Å². The summed E-state index contributed by atoms with van der Waals surface area (Å²) < 4.78 is 14.6. The first-order valence-electron chi connectivity index (χ1n) is 8.36. The zero-order valence-electron chi connectivity index (χ0n) is 13.8. The molecule has 2 amide bonds. The van der Waals surface area contributed by atoms with Gasteiger partial charge in [-0.1, -0.05) is 18.9 Å². The fraction of sp³-hybridized carbons (Fsp3) is 0.412. The molecular formula is C17H20FN5O2. The molecule has 25 heavy (non-hydrogen) atoms. The summed E-state index contributed by atoms with van der Waals surface area (Å²) >= 11 is 0. The van der Waals surface area contributed by atoms with Crippen LogP contribution in [0.1, 0.15) is 36.0 Å². The summed E-state index contributed by atoms with van der Waals surface area (Å²) in [6.45, 7) is 1.64. The summed E-state index contributed by atoms with van der Waals surface area (Å²) in [5, 5.41) is 6.58. The lowest BCUT2D eigenvalue weighted by molar-refractivity contribution is -0.132. The minimum Gasteiger partial charge on any atom is -0.341 e. The monoisotopic (exact) mass is 345 g/mol. The highest BCUT2D eigenvalue weighted by molar-refractivity contribution is 6.03. The van der Waals surface area contributed by atoms with Crippen molar-refractivity contribution < 1.29 is 14.0 Å². The van der Waals surface area contributed by atoms with Crippen LogP contribution in [0.5, 0.6) is 0 Å². The molecule has 132 valence electrons. The average Bonchev–Trinajstić information content (AvgIpc) is 2.85. The molecule has 2 heterocycles. The van der Waals surface area contributed by atoms with E-state index in [1.54, 1.807) is 0 Å². The van der Waals surface area contributed by atoms with Crippen LogP contribution in [0.15, 0.2) is 30.6 Å². The van der Waals surface area contributed by atoms with E-state index in [9.17, 15) is 14.0 Å². The minimum atomic E-state index is -0.504. The van der Waals surface area contributed by atoms with Crippen LogP contribution in [0, 0.1) is 5.82 Å². The SMILES string of the molecule is O=C(Nc1ncn(CC(=O)N2CCCCCC2)n1)c1cccc(F)c1. The van der Waals surface area contributed by atoms with Gasteiger partial charge in [-0.3, -0.25) is 14.9 Å². The molecular weight excluding hydrogens is 325 g/mol. The highest BCUT2D eigenvalue weighted by atomic mass is 19.1. The first-order valence-corrected chi connectivity index (χ1v) is 8.36. The van der Waals surface area contributed by atoms with Crippen molar-refractivity contribution in [3.05, 3.63) is 42.0 Å². The Morgan fingerprint density at radius 1 is 1.16 bits per heavy atom. The summed E-state index contributed by atoms with van der Waals surface area (Å²) in [5.74, 6) is -0.919. The molecule has 0 atom stereocenters. The molecule has 1 fully saturated rings. The minimum absolute atomic E-state index is 0.00481. The van der Waals surface area contributed by atoms with Crippen molar-refractivity contribution in [3.8, 4) is 0 Å². The maximum Gasteiger partial charge on any atom is 0.258 e. The predicted molar refractivity (Wildman–Crippen MR) is 89.4 cm³/mol. The number of hydrogen-bond donors (Lipinski definition) is 1. The van der Waals surface area contributed by atoms with Crippen LogP contribution in [0.2, 0.25) is 0 Å². The lowest BCUT2D eigenvalue weighted by Crippen LogP contribution is -2.34. The lowest BCUT2D eigenvalue weighted by Gasteiger charge is -2.19. The van der Waals surface area contributed by atoms with Crippen molar-refractivity contribution in [2.24, 2.45) is 0 Å². The molecule has 1 aliphatic rings. The average molecular weight is 345 g/mol. The van der Waals surface area contributed by atoms with Crippen molar-refractivity contribution in [1.29, 1.82) is 0 Å². The number of nitrogens with zero attached hydrogens (tertiary/aromatic N) is 4. The second-order valence-corrected chi connectivity index (χ2v) is 6.03. The van der Waals surface area contributed by atoms with Gasteiger partial charge in [0.15, 0.2) is 0 Å². The Bertz CT molecular complexity index is 753. The number of carbonyl (C=O) groups is 2. The van der Waals surface area contributed by atoms with E-state index in [4.69, 9.17) is 0 Å². The molecule has 0 bridgehead atoms. The molecule has 0 radical (unpaired) electrons. The molecule has 1 saturated heterocycles. The number of benzene rings is 1. The number of amides is 2. The third kappa shape index (κ3) is 4.62. The van der Waals surface area contributed by atoms with E-state index in [-0.39, 0.29) is 24.0 Å². The van der Waals surface area contributed by atoms with Crippen molar-refractivity contribution >= 4 is 17.8 Å². The van der Waals surface area contributed by atoms with Crippen LogP contribution in [-0.4, -0.2) is 44.6 Å². The van der Waals surface area contributed by atoms with E-state index in [0.29, 0.717) is 0 Å². The van der Waals surface area contributed by atoms with Crippen molar-refractivity contribution in [2.75, 3.05) is 18.4 Å². The van der Waals surface area contributed by atoms with Gasteiger partial charge in [-0.05, 0) is 31.0 Å². The predicted octanol–water partition coefficient (Wildman–Crippen LogP) is 2.07. The highest BCUT2D eigenvalue weighted by Crippen LogP contribution is 2.11. The third-order valence-corrected chi connectivity index (χ3v) is 4.10. The van der Waals surface area contributed by atoms with Crippen molar-refractivity contribution in [3.63, 3.8) is 0 Å². The Morgan fingerprint density at radius 2 is 1.92 bits per heavy atom. The maximum absolute atomic E-state index is 13.2. The van der Waals surface area contributed by atoms with Crippen LogP contribution in [-0.2, 0) is 11.3 Å². The van der Waals surface area contributed by atoms with Crippen LogP contribution in [0.3, 0.4) is 0 Å². The number of halogens is 1. The zero-order valence-corrected chi connectivity index (χ0v) is 13.8. The van der Waals surface area contributed by atoms with Gasteiger partial charge in [-0.2, -0.15) is 0 Å². The molecule has 2 aromatic rings. The first-order chi connectivity index (χ1) is 12.1. The molecule has 8 heteroatoms. The largest absolute Gasteiger partial charge is 0.341 e. The molecule has 1 aromatic carbocycles. The Hall–Kier alpha value is -2.77. The number of aromatic nitrogens is 3. The van der Waals surface area contributed by atoms with Gasteiger partial charge < -0.3 is 4.90 Å². The molecule has 0 unspecified atom stereocenters. The molecule has 0 saturated carbocycles. The third-order valence-electron chi connectivity index (χ3n) is 4.10. The Balaban J connectivity index is 1.58. The zero-order chi connectivity index (χ0) is 17.6. The highest BCUT2D eigenvalue weighted by Gasteiger charge is 2.17. The van der Waals surface area contributed by atoms with E-state index < -0.39 is 11.7 Å². The van der Waals surface area contributed by atoms with Crippen molar-refractivity contribution in [2.45, 2.75) is 32.2 Å². The molecule has 1 aliphatic heterocycles. The molecule has 3 rings (SSSR count). The van der Waals surface area contributed by atoms with Gasteiger partial charge in [0.05, 0.1) is 0 Å². The van der Waals surface area contributed by atoms with Gasteiger partial charge in [0.25, 0.3) is 5.91 Å². The quantitative estimate of drug-likeness (QED) is 0.920. The molecule has 0 aliphatic carbocycles. The van der Waals surface area contributed by atoms with Gasteiger partial charge in [-0.15, -0.1) is 5.10 Å². The maximum atomic E-state index is 13.2. The number of hydrogen-bond acceptors (Lipinski definition) is 4. The molecule has 1 N–H and O–H groups in total. The van der Waals surface area contributed by atoms with Gasteiger partial charge in [0.2, 0.25) is 11.9 Å². The second-order valence-electron chi connectivity index (χ2n) is 6.03. The van der Waals surface area contributed by atoms with Crippen molar-refractivity contribution in [1.82, 2.24) is 19.7 Å². The van der Waals surface area contributed by atoms with E-state index >= 15 is 0 Å². The van der Waals surface area contributed by atoms with Gasteiger partial charge in [0, 0.05) is 18.7 Å². The summed E-state index contributed by atoms with van der Waals surface area (Å²) in [6.07, 6.45) is 5.76. The smallest absolute Gasteiger partial charge is 0.258 e. The lowest BCUT2D eigenvalue weighted by atomic mass is 10.2. The Morgan fingerprint density at radius 3 is 2.64 bits per heavy atom. The normalized spacial score (nSPS) is 14.8. The first kappa shape index (κ1) is 17.1. The Kier molecular flexibility index (Phi) is 5.37. The molecule has 7 nitrogen and oxygen atoms in total. The number of rotatable bonds is 4. The summed E-state index contributed by atoms with van der Waals surface area (Å²) in [5.41, 5.74) is 0.178. The molecule has 0 spiro atoms. The van der Waals surface area contributed by atoms with Crippen LogP contribution in [0.25, 0.3) is 0 Å². The summed E-state index contributed by atoms with van der Waals surface area (Å²) in [7, 11) is 0. The summed E-state index contributed by atoms with van der Waals surface area (Å²) in [4.78, 5) is 30.2. The fourth-order valence-corrected chi connectivity index (χ4v) is 2.79. The summed E-state index contributed by atoms with van der Waals surface area (Å²) in [6, 6.07) is 5.35. The number of carbonyl (C=O) groups excluding carboxylic acids is 2. The van der Waals surface area contributed by atoms with Gasteiger partial charge >= 0.3 is 0 Å². The van der Waals surface area contributed by atoms with Crippen LogP contribution in [0.4, 0.5) is 10.3 Å². The topological polar surface area (TPSA) is 80.1 Å². The van der Waals surface area contributed by atoms with E-state index in [0.717, 1.165) is 44.8 Å².